The molecule has 0 amide bonds. The largest absolute Gasteiger partial charge is 0.295 e. The molecule has 0 fully saturated rings. The van der Waals surface area contributed by atoms with Crippen molar-refractivity contribution in [1.82, 2.24) is 0 Å². The molecule has 1 aromatic carbocycles. The van der Waals surface area contributed by atoms with Gasteiger partial charge in [-0.05, 0) is 29.8 Å². The normalized spacial score (nSPS) is 10.8. The van der Waals surface area contributed by atoms with Crippen LogP contribution >= 0.6 is 23.2 Å². The number of carbonyl (C=O) groups is 1. The number of ketones is 1. The molecule has 0 aliphatic carbocycles. The molecule has 96 valence electrons. The molecule has 0 N–H and O–H groups in total. The van der Waals surface area contributed by atoms with Crippen molar-refractivity contribution in [3.63, 3.8) is 0 Å². The number of allylic oxidation sites excluding steroid dienone is 1. The van der Waals surface area contributed by atoms with Crippen molar-refractivity contribution in [3.8, 4) is 0 Å². The van der Waals surface area contributed by atoms with Crippen LogP contribution in [0.4, 0.5) is 0 Å². The van der Waals surface area contributed by atoms with Crippen molar-refractivity contribution in [2.24, 2.45) is 0 Å². The van der Waals surface area contributed by atoms with E-state index in [1.54, 1.807) is 24.3 Å². The topological polar surface area (TPSA) is 60.2 Å². The maximum absolute atomic E-state index is 11.4. The molecule has 0 radical (unpaired) electrons. The predicted molar refractivity (Wildman–Crippen MR) is 71.6 cm³/mol. The number of hydrogen-bond acceptors (Lipinski definition) is 3. The average Bonchev–Trinajstić information content (AvgIpc) is 2.27. The first kappa shape index (κ1) is 14.7. The van der Waals surface area contributed by atoms with Crippen molar-refractivity contribution in [2.45, 2.75) is 12.8 Å². The van der Waals surface area contributed by atoms with Crippen LogP contribution in [0.5, 0.6) is 0 Å². The number of halogens is 2. The zero-order chi connectivity index (χ0) is 13.5. The molecule has 0 atom stereocenters. The summed E-state index contributed by atoms with van der Waals surface area (Å²) in [6, 6.07) is 4.95. The first-order valence-electron chi connectivity index (χ1n) is 5.27. The molecule has 0 saturated carbocycles. The fraction of sp³-hybridized carbons (Fsp3) is 0.250. The van der Waals surface area contributed by atoms with Gasteiger partial charge in [0.05, 0.1) is 0 Å². The molecule has 0 saturated heterocycles. The zero-order valence-electron chi connectivity index (χ0n) is 9.44. The second kappa shape index (κ2) is 7.13. The van der Waals surface area contributed by atoms with Crippen LogP contribution in [0.15, 0.2) is 24.3 Å². The number of nitro groups is 1. The Kier molecular flexibility index (Phi) is 5.82. The highest BCUT2D eigenvalue weighted by molar-refractivity contribution is 6.35. The minimum absolute atomic E-state index is 0.155. The third kappa shape index (κ3) is 5.29. The Balaban J connectivity index is 2.53. The summed E-state index contributed by atoms with van der Waals surface area (Å²) in [7, 11) is 0. The molecule has 1 aromatic rings. The molecule has 0 aliphatic heterocycles. The van der Waals surface area contributed by atoms with Gasteiger partial charge in [0.1, 0.15) is 0 Å². The van der Waals surface area contributed by atoms with Gasteiger partial charge in [-0.3, -0.25) is 14.9 Å². The highest BCUT2D eigenvalue weighted by Crippen LogP contribution is 2.22. The molecule has 0 bridgehead atoms. The molecular formula is C12H11Cl2NO3. The lowest BCUT2D eigenvalue weighted by Crippen LogP contribution is -2.03. The summed E-state index contributed by atoms with van der Waals surface area (Å²) in [5.41, 5.74) is 0.684. The Labute approximate surface area is 114 Å². The molecule has 4 nitrogen and oxygen atoms in total. The van der Waals surface area contributed by atoms with Gasteiger partial charge in [0.15, 0.2) is 5.78 Å². The Bertz CT molecular complexity index is 486. The lowest BCUT2D eigenvalue weighted by Gasteiger charge is -1.98. The summed E-state index contributed by atoms with van der Waals surface area (Å²) >= 11 is 11.7. The van der Waals surface area contributed by atoms with E-state index in [1.165, 1.54) is 6.08 Å². The Morgan fingerprint density at radius 2 is 2.11 bits per heavy atom. The molecular weight excluding hydrogens is 277 g/mol. The highest BCUT2D eigenvalue weighted by Gasteiger charge is 2.02. The lowest BCUT2D eigenvalue weighted by atomic mass is 10.1. The number of carbonyl (C=O) groups excluding carboxylic acids is 1. The maximum atomic E-state index is 11.4. The van der Waals surface area contributed by atoms with E-state index < -0.39 is 4.92 Å². The smallest absolute Gasteiger partial charge is 0.204 e. The molecule has 1 rings (SSSR count). The monoisotopic (exact) mass is 287 g/mol. The van der Waals surface area contributed by atoms with Crippen LogP contribution in [-0.2, 0) is 4.79 Å². The molecule has 0 aromatic heterocycles. The van der Waals surface area contributed by atoms with Gasteiger partial charge in [-0.15, -0.1) is 0 Å². The van der Waals surface area contributed by atoms with E-state index in [0.29, 0.717) is 15.6 Å². The summed E-state index contributed by atoms with van der Waals surface area (Å²) in [6.45, 7) is -0.193. The van der Waals surface area contributed by atoms with Crippen LogP contribution in [0.3, 0.4) is 0 Å². The van der Waals surface area contributed by atoms with Gasteiger partial charge in [-0.2, -0.15) is 0 Å². The van der Waals surface area contributed by atoms with Crippen molar-refractivity contribution in [2.75, 3.05) is 6.54 Å². The van der Waals surface area contributed by atoms with Crippen LogP contribution < -0.4 is 0 Å². The Hall–Kier alpha value is -1.39. The molecule has 18 heavy (non-hydrogen) atoms. The second-order valence-electron chi connectivity index (χ2n) is 3.63. The van der Waals surface area contributed by atoms with Crippen LogP contribution in [0, 0.1) is 10.1 Å². The SMILES string of the molecule is O=C(/C=C/c1ccc(Cl)cc1Cl)CCC[N+](=O)[O-]. The van der Waals surface area contributed by atoms with Gasteiger partial charge in [0.2, 0.25) is 6.54 Å². The summed E-state index contributed by atoms with van der Waals surface area (Å²) in [5.74, 6) is -0.164. The van der Waals surface area contributed by atoms with Gasteiger partial charge in [-0.25, -0.2) is 0 Å². The van der Waals surface area contributed by atoms with Crippen molar-refractivity contribution in [3.05, 3.63) is 50.0 Å². The van der Waals surface area contributed by atoms with E-state index in [-0.39, 0.29) is 25.2 Å². The van der Waals surface area contributed by atoms with E-state index in [2.05, 4.69) is 0 Å². The van der Waals surface area contributed by atoms with Gasteiger partial charge in [0.25, 0.3) is 0 Å². The minimum atomic E-state index is -0.437. The van der Waals surface area contributed by atoms with Gasteiger partial charge >= 0.3 is 0 Å². The molecule has 0 heterocycles. The minimum Gasteiger partial charge on any atom is -0.295 e. The van der Waals surface area contributed by atoms with E-state index >= 15 is 0 Å². The van der Waals surface area contributed by atoms with Gasteiger partial charge in [-0.1, -0.05) is 29.3 Å². The van der Waals surface area contributed by atoms with Gasteiger partial charge < -0.3 is 0 Å². The van der Waals surface area contributed by atoms with Gasteiger partial charge in [0, 0.05) is 27.8 Å². The maximum Gasteiger partial charge on any atom is 0.204 e. The van der Waals surface area contributed by atoms with E-state index in [9.17, 15) is 14.9 Å². The van der Waals surface area contributed by atoms with E-state index in [0.717, 1.165) is 0 Å². The number of rotatable bonds is 6. The molecule has 0 unspecified atom stereocenters. The number of benzene rings is 1. The molecule has 0 aliphatic rings. The predicted octanol–water partition coefficient (Wildman–Crippen LogP) is 3.63. The third-order valence-electron chi connectivity index (χ3n) is 2.18. The fourth-order valence-electron chi connectivity index (χ4n) is 1.29. The van der Waals surface area contributed by atoms with E-state index in [4.69, 9.17) is 23.2 Å². The number of hydrogen-bond donors (Lipinski definition) is 0. The summed E-state index contributed by atoms with van der Waals surface area (Å²) in [5, 5.41) is 11.1. The Morgan fingerprint density at radius 3 is 2.72 bits per heavy atom. The van der Waals surface area contributed by atoms with Crippen LogP contribution in [0.25, 0.3) is 6.08 Å². The second-order valence-corrected chi connectivity index (χ2v) is 4.47. The first-order valence-corrected chi connectivity index (χ1v) is 6.02. The Morgan fingerprint density at radius 1 is 1.39 bits per heavy atom. The lowest BCUT2D eigenvalue weighted by molar-refractivity contribution is -0.480. The first-order chi connectivity index (χ1) is 8.49. The average molecular weight is 288 g/mol. The molecule has 0 spiro atoms. The van der Waals surface area contributed by atoms with E-state index in [1.807, 2.05) is 0 Å². The van der Waals surface area contributed by atoms with Crippen molar-refractivity contribution < 1.29 is 9.72 Å². The highest BCUT2D eigenvalue weighted by atomic mass is 35.5. The van der Waals surface area contributed by atoms with Crippen LogP contribution in [0.1, 0.15) is 18.4 Å². The quantitative estimate of drug-likeness (QED) is 0.456. The molecule has 6 heteroatoms. The number of nitrogens with zero attached hydrogens (tertiary/aromatic N) is 1. The summed E-state index contributed by atoms with van der Waals surface area (Å²) < 4.78 is 0. The third-order valence-corrected chi connectivity index (χ3v) is 2.74. The van der Waals surface area contributed by atoms with Crippen LogP contribution in [0.2, 0.25) is 10.0 Å². The summed E-state index contributed by atoms with van der Waals surface area (Å²) in [6.07, 6.45) is 3.34. The van der Waals surface area contributed by atoms with Crippen molar-refractivity contribution >= 4 is 35.1 Å². The van der Waals surface area contributed by atoms with Crippen LogP contribution in [-0.4, -0.2) is 17.3 Å². The standard InChI is InChI=1S/C12H11Cl2NO3/c13-10-5-3-9(12(14)8-10)4-6-11(16)2-1-7-15(17)18/h3-6,8H,1-2,7H2/b6-4+. The zero-order valence-corrected chi connectivity index (χ0v) is 10.9. The van der Waals surface area contributed by atoms with Crippen molar-refractivity contribution in [1.29, 1.82) is 0 Å². The summed E-state index contributed by atoms with van der Waals surface area (Å²) in [4.78, 5) is 21.0. The fourth-order valence-corrected chi connectivity index (χ4v) is 1.76.